The first kappa shape index (κ1) is 15.7. The Balaban J connectivity index is 1.86. The molecule has 0 fully saturated rings. The van der Waals surface area contributed by atoms with E-state index in [4.69, 9.17) is 0 Å². The minimum atomic E-state index is -2.88. The van der Waals surface area contributed by atoms with E-state index in [0.29, 0.717) is 0 Å². The highest BCUT2D eigenvalue weighted by molar-refractivity contribution is 7.85. The quantitative estimate of drug-likeness (QED) is 0.507. The standard InChI is InChI=1S/C23H17OP/c24-25(21-11-3-1-4-12-21,22-13-5-2-6-14-22)23-17-15-20(16-18-23)19-9-7-8-10-19/h1-9,11-18H. The molecule has 0 spiro atoms. The summed E-state index contributed by atoms with van der Waals surface area (Å²) in [5.74, 6) is 0. The summed E-state index contributed by atoms with van der Waals surface area (Å²) in [6.45, 7) is 0. The second-order valence-electron chi connectivity index (χ2n) is 5.91. The Kier molecular flexibility index (Phi) is 4.12. The molecule has 1 aliphatic rings. The lowest BCUT2D eigenvalue weighted by Gasteiger charge is -2.20. The van der Waals surface area contributed by atoms with Gasteiger partial charge in [0.15, 0.2) is 7.14 Å². The second-order valence-corrected chi connectivity index (χ2v) is 8.68. The van der Waals surface area contributed by atoms with Gasteiger partial charge in [-0.1, -0.05) is 91.0 Å². The van der Waals surface area contributed by atoms with Crippen molar-refractivity contribution in [2.24, 2.45) is 0 Å². The largest absolute Gasteiger partial charge is 0.309 e. The van der Waals surface area contributed by atoms with Crippen LogP contribution in [0.5, 0.6) is 0 Å². The number of hydrogen-bond acceptors (Lipinski definition) is 1. The predicted octanol–water partition coefficient (Wildman–Crippen LogP) is 4.43. The SMILES string of the molecule is O=P(c1ccccc1)(c1ccccc1)c1ccc(C2=C=CC=C2)cc1. The molecule has 0 aromatic heterocycles. The number of benzene rings is 3. The maximum atomic E-state index is 14.2. The van der Waals surface area contributed by atoms with Gasteiger partial charge in [0.25, 0.3) is 0 Å². The van der Waals surface area contributed by atoms with Gasteiger partial charge in [0, 0.05) is 21.5 Å². The molecule has 2 heteroatoms. The number of hydrogen-bond donors (Lipinski definition) is 0. The van der Waals surface area contributed by atoms with Crippen LogP contribution in [0.3, 0.4) is 0 Å². The highest BCUT2D eigenvalue weighted by Crippen LogP contribution is 2.42. The Labute approximate surface area is 148 Å². The van der Waals surface area contributed by atoms with Crippen molar-refractivity contribution in [1.82, 2.24) is 0 Å². The van der Waals surface area contributed by atoms with E-state index in [1.807, 2.05) is 103 Å². The van der Waals surface area contributed by atoms with Crippen LogP contribution in [0, 0.1) is 0 Å². The molecule has 3 aromatic carbocycles. The van der Waals surface area contributed by atoms with E-state index in [0.717, 1.165) is 27.1 Å². The molecule has 0 aliphatic heterocycles. The zero-order chi connectivity index (χ0) is 17.1. The van der Waals surface area contributed by atoms with Crippen molar-refractivity contribution in [2.45, 2.75) is 0 Å². The Morgan fingerprint density at radius 3 is 1.64 bits per heavy atom. The molecule has 4 rings (SSSR count). The van der Waals surface area contributed by atoms with Crippen molar-refractivity contribution in [3.8, 4) is 0 Å². The van der Waals surface area contributed by atoms with Gasteiger partial charge in [-0.2, -0.15) is 0 Å². The summed E-state index contributed by atoms with van der Waals surface area (Å²) in [7, 11) is -2.88. The van der Waals surface area contributed by atoms with E-state index in [9.17, 15) is 4.57 Å². The van der Waals surface area contributed by atoms with Crippen molar-refractivity contribution in [1.29, 1.82) is 0 Å². The van der Waals surface area contributed by atoms with Gasteiger partial charge >= 0.3 is 0 Å². The summed E-state index contributed by atoms with van der Waals surface area (Å²) in [6, 6.07) is 27.5. The molecule has 0 unspecified atom stereocenters. The molecule has 0 heterocycles. The van der Waals surface area contributed by atoms with Crippen LogP contribution in [0.2, 0.25) is 0 Å². The topological polar surface area (TPSA) is 17.1 Å². The summed E-state index contributed by atoms with van der Waals surface area (Å²) >= 11 is 0. The third-order valence-corrected chi connectivity index (χ3v) is 7.46. The van der Waals surface area contributed by atoms with Gasteiger partial charge in [0.05, 0.1) is 0 Å². The number of allylic oxidation sites excluding steroid dienone is 3. The van der Waals surface area contributed by atoms with Crippen LogP contribution in [0.15, 0.2) is 109 Å². The first-order valence-corrected chi connectivity index (χ1v) is 9.95. The second kappa shape index (κ2) is 6.57. The molecule has 0 saturated heterocycles. The van der Waals surface area contributed by atoms with E-state index < -0.39 is 7.14 Å². The van der Waals surface area contributed by atoms with E-state index in [2.05, 4.69) is 5.73 Å². The Morgan fingerprint density at radius 2 is 1.16 bits per heavy atom. The molecule has 0 amide bonds. The van der Waals surface area contributed by atoms with Crippen LogP contribution in [0.4, 0.5) is 0 Å². The van der Waals surface area contributed by atoms with E-state index in [1.165, 1.54) is 0 Å². The van der Waals surface area contributed by atoms with Crippen molar-refractivity contribution >= 4 is 28.6 Å². The highest BCUT2D eigenvalue weighted by Gasteiger charge is 2.29. The van der Waals surface area contributed by atoms with Gasteiger partial charge in [0.2, 0.25) is 0 Å². The summed E-state index contributed by atoms with van der Waals surface area (Å²) in [5.41, 5.74) is 5.35. The molecular formula is C23H17OP. The zero-order valence-corrected chi connectivity index (χ0v) is 14.6. The maximum absolute atomic E-state index is 14.2. The lowest BCUT2D eigenvalue weighted by Crippen LogP contribution is -2.24. The molecule has 0 radical (unpaired) electrons. The molecule has 25 heavy (non-hydrogen) atoms. The monoisotopic (exact) mass is 340 g/mol. The third kappa shape index (κ3) is 2.85. The van der Waals surface area contributed by atoms with Crippen LogP contribution < -0.4 is 15.9 Å². The van der Waals surface area contributed by atoms with Gasteiger partial charge in [-0.25, -0.2) is 0 Å². The number of rotatable bonds is 4. The van der Waals surface area contributed by atoms with Crippen LogP contribution in [-0.2, 0) is 4.57 Å². The minimum absolute atomic E-state index is 0.847. The lowest BCUT2D eigenvalue weighted by molar-refractivity contribution is 0.592. The molecule has 0 N–H and O–H groups in total. The first-order valence-electron chi connectivity index (χ1n) is 8.24. The fourth-order valence-corrected chi connectivity index (χ4v) is 5.73. The molecular weight excluding hydrogens is 323 g/mol. The molecule has 0 saturated carbocycles. The molecule has 1 nitrogen and oxygen atoms in total. The van der Waals surface area contributed by atoms with E-state index in [1.54, 1.807) is 0 Å². The van der Waals surface area contributed by atoms with Gasteiger partial charge in [-0.15, -0.1) is 5.73 Å². The fraction of sp³-hybridized carbons (Fsp3) is 0. The molecule has 120 valence electrons. The first-order chi connectivity index (χ1) is 12.3. The van der Waals surface area contributed by atoms with Crippen LogP contribution >= 0.6 is 7.14 Å². The average molecular weight is 340 g/mol. The van der Waals surface area contributed by atoms with Crippen LogP contribution in [-0.4, -0.2) is 0 Å². The molecule has 3 aromatic rings. The molecule has 0 bridgehead atoms. The normalized spacial score (nSPS) is 13.0. The van der Waals surface area contributed by atoms with Gasteiger partial charge in [0.1, 0.15) is 0 Å². The summed E-state index contributed by atoms with van der Waals surface area (Å²) < 4.78 is 14.2. The Bertz CT molecular complexity index is 979. The van der Waals surface area contributed by atoms with Gasteiger partial charge in [-0.3, -0.25) is 0 Å². The Hall–Kier alpha value is -2.85. The minimum Gasteiger partial charge on any atom is -0.309 e. The molecule has 0 atom stereocenters. The third-order valence-electron chi connectivity index (χ3n) is 4.38. The van der Waals surface area contributed by atoms with E-state index >= 15 is 0 Å². The summed E-state index contributed by atoms with van der Waals surface area (Å²) in [5, 5.41) is 2.56. The predicted molar refractivity (Wildman–Crippen MR) is 106 cm³/mol. The lowest BCUT2D eigenvalue weighted by atomic mass is 10.1. The average Bonchev–Trinajstić information content (AvgIpc) is 3.24. The Morgan fingerprint density at radius 1 is 0.640 bits per heavy atom. The van der Waals surface area contributed by atoms with Crippen molar-refractivity contribution < 1.29 is 4.57 Å². The van der Waals surface area contributed by atoms with Crippen molar-refractivity contribution in [2.75, 3.05) is 0 Å². The van der Waals surface area contributed by atoms with Crippen molar-refractivity contribution in [3.63, 3.8) is 0 Å². The van der Waals surface area contributed by atoms with Gasteiger partial charge in [-0.05, 0) is 17.7 Å². The smallest absolute Gasteiger partial charge is 0.171 e. The van der Waals surface area contributed by atoms with Crippen LogP contribution in [0.1, 0.15) is 5.56 Å². The van der Waals surface area contributed by atoms with Crippen molar-refractivity contribution in [3.05, 3.63) is 114 Å². The fourth-order valence-electron chi connectivity index (χ4n) is 3.08. The summed E-state index contributed by atoms with van der Waals surface area (Å²) in [4.78, 5) is 0. The maximum Gasteiger partial charge on any atom is 0.171 e. The van der Waals surface area contributed by atoms with E-state index in [-0.39, 0.29) is 0 Å². The van der Waals surface area contributed by atoms with Crippen LogP contribution in [0.25, 0.3) is 5.57 Å². The zero-order valence-electron chi connectivity index (χ0n) is 13.7. The van der Waals surface area contributed by atoms with Gasteiger partial charge < -0.3 is 4.57 Å². The highest BCUT2D eigenvalue weighted by atomic mass is 31.2. The summed E-state index contributed by atoms with van der Waals surface area (Å²) in [6.07, 6.45) is 5.91. The molecule has 1 aliphatic carbocycles.